The molecule has 1 aromatic rings. The van der Waals surface area contributed by atoms with Crippen LogP contribution in [0.2, 0.25) is 0 Å². The van der Waals surface area contributed by atoms with Gasteiger partial charge in [-0.05, 0) is 36.5 Å². The third-order valence-electron chi connectivity index (χ3n) is 4.24. The second-order valence-corrected chi connectivity index (χ2v) is 5.99. The highest BCUT2D eigenvalue weighted by atomic mass is 19.1. The predicted octanol–water partition coefficient (Wildman–Crippen LogP) is 2.22. The van der Waals surface area contributed by atoms with Crippen LogP contribution >= 0.6 is 0 Å². The lowest BCUT2D eigenvalue weighted by molar-refractivity contribution is -0.123. The molecule has 2 rings (SSSR count). The fourth-order valence-electron chi connectivity index (χ4n) is 2.85. The minimum Gasteiger partial charge on any atom is -0.394 e. The van der Waals surface area contributed by atoms with Crippen molar-refractivity contribution in [1.82, 2.24) is 5.32 Å². The minimum absolute atomic E-state index is 0.00236. The van der Waals surface area contributed by atoms with E-state index < -0.39 is 0 Å². The summed E-state index contributed by atoms with van der Waals surface area (Å²) < 4.78 is 18.3. The zero-order valence-corrected chi connectivity index (χ0v) is 12.9. The number of benzene rings is 1. The van der Waals surface area contributed by atoms with Crippen LogP contribution in [0.5, 0.6) is 0 Å². The van der Waals surface area contributed by atoms with E-state index in [-0.39, 0.29) is 36.2 Å². The Balaban J connectivity index is 1.86. The van der Waals surface area contributed by atoms with E-state index in [2.05, 4.69) is 5.32 Å². The first-order valence-electron chi connectivity index (χ1n) is 7.83. The number of halogens is 1. The molecule has 0 aromatic heterocycles. The molecular weight excluding hydrogens is 285 g/mol. The molecule has 1 fully saturated rings. The van der Waals surface area contributed by atoms with Gasteiger partial charge in [0.1, 0.15) is 5.82 Å². The topological polar surface area (TPSA) is 58.6 Å². The van der Waals surface area contributed by atoms with Crippen molar-refractivity contribution in [3.8, 4) is 0 Å². The zero-order valence-electron chi connectivity index (χ0n) is 12.9. The van der Waals surface area contributed by atoms with Crippen LogP contribution in [0.1, 0.15) is 37.7 Å². The van der Waals surface area contributed by atoms with Crippen molar-refractivity contribution in [2.45, 2.75) is 38.1 Å². The molecule has 1 heterocycles. The second-order valence-electron chi connectivity index (χ2n) is 5.99. The predicted molar refractivity (Wildman–Crippen MR) is 82.0 cm³/mol. The Labute approximate surface area is 130 Å². The molecule has 1 aliphatic rings. The Morgan fingerprint density at radius 3 is 2.77 bits per heavy atom. The number of hydrogen-bond acceptors (Lipinski definition) is 3. The summed E-state index contributed by atoms with van der Waals surface area (Å²) in [6.07, 6.45) is 2.23. The quantitative estimate of drug-likeness (QED) is 0.847. The van der Waals surface area contributed by atoms with Crippen LogP contribution in [0.15, 0.2) is 24.3 Å². The van der Waals surface area contributed by atoms with Gasteiger partial charge < -0.3 is 15.2 Å². The molecule has 1 aliphatic heterocycles. The van der Waals surface area contributed by atoms with Crippen molar-refractivity contribution >= 4 is 5.91 Å². The molecule has 0 spiro atoms. The van der Waals surface area contributed by atoms with E-state index in [9.17, 15) is 14.3 Å². The van der Waals surface area contributed by atoms with E-state index >= 15 is 0 Å². The summed E-state index contributed by atoms with van der Waals surface area (Å²) in [5.74, 6) is -0.203. The van der Waals surface area contributed by atoms with Gasteiger partial charge in [0.05, 0.1) is 19.3 Å². The third kappa shape index (κ3) is 4.78. The highest BCUT2D eigenvalue weighted by Gasteiger charge is 2.25. The van der Waals surface area contributed by atoms with Gasteiger partial charge in [-0.2, -0.15) is 0 Å². The molecule has 4 nitrogen and oxygen atoms in total. The second kappa shape index (κ2) is 8.25. The van der Waals surface area contributed by atoms with Crippen molar-refractivity contribution in [3.63, 3.8) is 0 Å². The van der Waals surface area contributed by atoms with E-state index in [1.54, 1.807) is 12.1 Å². The van der Waals surface area contributed by atoms with Gasteiger partial charge in [-0.3, -0.25) is 4.79 Å². The standard InChI is InChI=1S/C17H24FNO3/c1-12(13-4-6-15(18)7-5-13)9-17(21)19-16(10-20)14-3-2-8-22-11-14/h4-7,12,14,16,20H,2-3,8-11H2,1H3,(H,19,21)/t12-,14+,16-/m1/s1. The van der Waals surface area contributed by atoms with Gasteiger partial charge in [0, 0.05) is 18.9 Å². The minimum atomic E-state index is -0.280. The number of aliphatic hydroxyl groups is 1. The number of carbonyl (C=O) groups is 1. The van der Waals surface area contributed by atoms with Crippen molar-refractivity contribution in [3.05, 3.63) is 35.6 Å². The van der Waals surface area contributed by atoms with Crippen molar-refractivity contribution in [2.75, 3.05) is 19.8 Å². The van der Waals surface area contributed by atoms with Crippen LogP contribution in [-0.2, 0) is 9.53 Å². The number of ether oxygens (including phenoxy) is 1. The lowest BCUT2D eigenvalue weighted by Crippen LogP contribution is -2.45. The van der Waals surface area contributed by atoms with Crippen LogP contribution in [0, 0.1) is 11.7 Å². The molecule has 1 aromatic carbocycles. The Kier molecular flexibility index (Phi) is 6.34. The van der Waals surface area contributed by atoms with Gasteiger partial charge >= 0.3 is 0 Å². The monoisotopic (exact) mass is 309 g/mol. The molecule has 2 N–H and O–H groups in total. The Bertz CT molecular complexity index is 471. The molecule has 122 valence electrons. The first-order valence-corrected chi connectivity index (χ1v) is 7.83. The van der Waals surface area contributed by atoms with Crippen LogP contribution in [0.3, 0.4) is 0 Å². The summed E-state index contributed by atoms with van der Waals surface area (Å²) in [5, 5.41) is 12.4. The number of carbonyl (C=O) groups excluding carboxylic acids is 1. The SMILES string of the molecule is C[C@H](CC(=O)N[C@H](CO)[C@H]1CCCOC1)c1ccc(F)cc1. The summed E-state index contributed by atoms with van der Waals surface area (Å²) >= 11 is 0. The molecule has 3 atom stereocenters. The molecule has 5 heteroatoms. The lowest BCUT2D eigenvalue weighted by atomic mass is 9.93. The maximum Gasteiger partial charge on any atom is 0.220 e. The molecular formula is C17H24FNO3. The van der Waals surface area contributed by atoms with E-state index in [4.69, 9.17) is 4.74 Å². The summed E-state index contributed by atoms with van der Waals surface area (Å²) in [6.45, 7) is 3.19. The van der Waals surface area contributed by atoms with Gasteiger partial charge in [-0.1, -0.05) is 19.1 Å². The zero-order chi connectivity index (χ0) is 15.9. The summed E-state index contributed by atoms with van der Waals surface area (Å²) in [7, 11) is 0. The fourth-order valence-corrected chi connectivity index (χ4v) is 2.85. The maximum atomic E-state index is 12.9. The first kappa shape index (κ1) is 16.9. The van der Waals surface area contributed by atoms with Crippen molar-refractivity contribution in [2.24, 2.45) is 5.92 Å². The Morgan fingerprint density at radius 2 is 2.18 bits per heavy atom. The van der Waals surface area contributed by atoms with Crippen LogP contribution in [0.4, 0.5) is 4.39 Å². The number of aliphatic hydroxyl groups excluding tert-OH is 1. The van der Waals surface area contributed by atoms with Crippen LogP contribution in [-0.4, -0.2) is 36.9 Å². The van der Waals surface area contributed by atoms with E-state index in [1.165, 1.54) is 12.1 Å². The first-order chi connectivity index (χ1) is 10.6. The largest absolute Gasteiger partial charge is 0.394 e. The Hall–Kier alpha value is -1.46. The van der Waals surface area contributed by atoms with E-state index in [0.717, 1.165) is 25.0 Å². The molecule has 0 radical (unpaired) electrons. The third-order valence-corrected chi connectivity index (χ3v) is 4.24. The molecule has 1 saturated heterocycles. The van der Waals surface area contributed by atoms with Crippen LogP contribution < -0.4 is 5.32 Å². The Morgan fingerprint density at radius 1 is 1.45 bits per heavy atom. The van der Waals surface area contributed by atoms with Crippen LogP contribution in [0.25, 0.3) is 0 Å². The number of hydrogen-bond donors (Lipinski definition) is 2. The summed E-state index contributed by atoms with van der Waals surface area (Å²) in [4.78, 5) is 12.2. The highest BCUT2D eigenvalue weighted by molar-refractivity contribution is 5.77. The number of amides is 1. The van der Waals surface area contributed by atoms with Gasteiger partial charge in [0.25, 0.3) is 0 Å². The summed E-state index contributed by atoms with van der Waals surface area (Å²) in [6, 6.07) is 5.95. The molecule has 0 saturated carbocycles. The molecule has 0 bridgehead atoms. The van der Waals surface area contributed by atoms with Gasteiger partial charge in [0.2, 0.25) is 5.91 Å². The van der Waals surface area contributed by atoms with Crippen molar-refractivity contribution < 1.29 is 19.0 Å². The smallest absolute Gasteiger partial charge is 0.220 e. The normalized spacial score (nSPS) is 21.1. The molecule has 1 amide bonds. The molecule has 0 aliphatic carbocycles. The van der Waals surface area contributed by atoms with Gasteiger partial charge in [-0.25, -0.2) is 4.39 Å². The highest BCUT2D eigenvalue weighted by Crippen LogP contribution is 2.21. The average molecular weight is 309 g/mol. The average Bonchev–Trinajstić information content (AvgIpc) is 2.54. The number of rotatable bonds is 6. The van der Waals surface area contributed by atoms with E-state index in [0.29, 0.717) is 13.0 Å². The van der Waals surface area contributed by atoms with E-state index in [1.807, 2.05) is 6.92 Å². The maximum absolute atomic E-state index is 12.9. The van der Waals surface area contributed by atoms with Gasteiger partial charge in [-0.15, -0.1) is 0 Å². The number of nitrogens with one attached hydrogen (secondary N) is 1. The molecule has 22 heavy (non-hydrogen) atoms. The lowest BCUT2D eigenvalue weighted by Gasteiger charge is -2.30. The molecule has 0 unspecified atom stereocenters. The van der Waals surface area contributed by atoms with Crippen molar-refractivity contribution in [1.29, 1.82) is 0 Å². The fraction of sp³-hybridized carbons (Fsp3) is 0.588. The van der Waals surface area contributed by atoms with Gasteiger partial charge in [0.15, 0.2) is 0 Å². The summed E-state index contributed by atoms with van der Waals surface area (Å²) in [5.41, 5.74) is 0.929.